The van der Waals surface area contributed by atoms with Gasteiger partial charge in [-0.05, 0) is 37.3 Å². The third kappa shape index (κ3) is 4.34. The van der Waals surface area contributed by atoms with Crippen molar-refractivity contribution >= 4 is 12.1 Å². The number of carbonyl (C=O) groups excluding carboxylic acids is 1. The van der Waals surface area contributed by atoms with Gasteiger partial charge in [-0.15, -0.1) is 10.2 Å². The maximum atomic E-state index is 11.9. The number of nitrogens with one attached hydrogen (secondary N) is 1. The van der Waals surface area contributed by atoms with Crippen molar-refractivity contribution in [2.45, 2.75) is 32.7 Å². The molecule has 124 valence electrons. The fourth-order valence-electron chi connectivity index (χ4n) is 2.51. The van der Waals surface area contributed by atoms with Crippen LogP contribution in [0.15, 0.2) is 47.1 Å². The Balaban J connectivity index is 1.50. The number of benzene rings is 1. The second kappa shape index (κ2) is 7.63. The van der Waals surface area contributed by atoms with Gasteiger partial charge in [0.15, 0.2) is 0 Å². The normalized spacial score (nSPS) is 17.7. The van der Waals surface area contributed by atoms with Crippen LogP contribution in [0.5, 0.6) is 0 Å². The fourth-order valence-corrected chi connectivity index (χ4v) is 2.51. The Hall–Kier alpha value is -2.83. The first kappa shape index (κ1) is 16.0. The SMILES string of the molecule is CC1=CC[C@H](/C=N\NC(=O)Cn2nnc(-c3ccccc3)n2)CC1. The van der Waals surface area contributed by atoms with Gasteiger partial charge in [-0.1, -0.05) is 42.0 Å². The molecule has 2 aromatic rings. The molecule has 7 nitrogen and oxygen atoms in total. The monoisotopic (exact) mass is 324 g/mol. The molecule has 24 heavy (non-hydrogen) atoms. The summed E-state index contributed by atoms with van der Waals surface area (Å²) in [7, 11) is 0. The maximum Gasteiger partial charge on any atom is 0.263 e. The summed E-state index contributed by atoms with van der Waals surface area (Å²) in [5, 5.41) is 16.1. The molecule has 0 saturated carbocycles. The summed E-state index contributed by atoms with van der Waals surface area (Å²) in [6, 6.07) is 9.51. The molecule has 0 radical (unpaired) electrons. The van der Waals surface area contributed by atoms with E-state index in [0.717, 1.165) is 24.8 Å². The molecule has 1 aromatic carbocycles. The number of carbonyl (C=O) groups is 1. The van der Waals surface area contributed by atoms with Crippen LogP contribution in [0, 0.1) is 5.92 Å². The van der Waals surface area contributed by atoms with E-state index >= 15 is 0 Å². The Bertz CT molecular complexity index is 749. The lowest BCUT2D eigenvalue weighted by atomic mass is 9.91. The molecule has 1 N–H and O–H groups in total. The Morgan fingerprint density at radius 3 is 3.00 bits per heavy atom. The van der Waals surface area contributed by atoms with Crippen molar-refractivity contribution in [1.29, 1.82) is 0 Å². The van der Waals surface area contributed by atoms with Gasteiger partial charge >= 0.3 is 0 Å². The molecule has 0 fully saturated rings. The number of hydrazone groups is 1. The average molecular weight is 324 g/mol. The van der Waals surface area contributed by atoms with Crippen LogP contribution in [0.25, 0.3) is 11.4 Å². The van der Waals surface area contributed by atoms with E-state index in [4.69, 9.17) is 0 Å². The van der Waals surface area contributed by atoms with E-state index in [-0.39, 0.29) is 12.5 Å². The number of aromatic nitrogens is 4. The van der Waals surface area contributed by atoms with Gasteiger partial charge in [0.1, 0.15) is 6.54 Å². The first-order valence-corrected chi connectivity index (χ1v) is 8.01. The molecule has 1 aromatic heterocycles. The van der Waals surface area contributed by atoms with Gasteiger partial charge in [0.2, 0.25) is 5.82 Å². The third-order valence-corrected chi connectivity index (χ3v) is 3.92. The summed E-state index contributed by atoms with van der Waals surface area (Å²) < 4.78 is 0. The number of nitrogens with zero attached hydrogens (tertiary/aromatic N) is 5. The molecule has 1 atom stereocenters. The van der Waals surface area contributed by atoms with Crippen LogP contribution in [0.3, 0.4) is 0 Å². The van der Waals surface area contributed by atoms with E-state index in [1.165, 1.54) is 10.4 Å². The van der Waals surface area contributed by atoms with Crippen LogP contribution in [0.2, 0.25) is 0 Å². The lowest BCUT2D eigenvalue weighted by Gasteiger charge is -2.15. The maximum absolute atomic E-state index is 11.9. The van der Waals surface area contributed by atoms with Crippen LogP contribution in [-0.4, -0.2) is 32.3 Å². The smallest absolute Gasteiger partial charge is 0.263 e. The fraction of sp³-hybridized carbons (Fsp3) is 0.353. The standard InChI is InChI=1S/C17H20N6O/c1-13-7-9-14(10-8-13)11-18-19-16(24)12-23-21-17(20-22-23)15-5-3-2-4-6-15/h2-7,11,14H,8-10,12H2,1H3,(H,19,24)/b18-11-/t14-/m0/s1. The van der Waals surface area contributed by atoms with Crippen LogP contribution in [-0.2, 0) is 11.3 Å². The van der Waals surface area contributed by atoms with Crippen LogP contribution < -0.4 is 5.43 Å². The zero-order valence-corrected chi connectivity index (χ0v) is 13.6. The minimum absolute atomic E-state index is 0.0130. The van der Waals surface area contributed by atoms with E-state index in [2.05, 4.69) is 38.9 Å². The van der Waals surface area contributed by atoms with Crippen molar-refractivity contribution in [1.82, 2.24) is 25.6 Å². The predicted molar refractivity (Wildman–Crippen MR) is 91.0 cm³/mol. The van der Waals surface area contributed by atoms with Gasteiger partial charge in [-0.3, -0.25) is 4.79 Å². The van der Waals surface area contributed by atoms with Gasteiger partial charge in [-0.25, -0.2) is 5.43 Å². The van der Waals surface area contributed by atoms with E-state index in [1.807, 2.05) is 36.5 Å². The molecule has 1 aliphatic rings. The summed E-state index contributed by atoms with van der Waals surface area (Å²) in [6.07, 6.45) is 7.19. The summed E-state index contributed by atoms with van der Waals surface area (Å²) in [5.74, 6) is 0.616. The molecule has 7 heteroatoms. The van der Waals surface area contributed by atoms with Gasteiger partial charge in [-0.2, -0.15) is 9.90 Å². The summed E-state index contributed by atoms with van der Waals surface area (Å²) in [6.45, 7) is 2.13. The molecule has 0 bridgehead atoms. The van der Waals surface area contributed by atoms with E-state index in [0.29, 0.717) is 11.7 Å². The van der Waals surface area contributed by atoms with Crippen LogP contribution >= 0.6 is 0 Å². The second-order valence-electron chi connectivity index (χ2n) is 5.91. The molecule has 1 heterocycles. The lowest BCUT2D eigenvalue weighted by Crippen LogP contribution is -2.25. The van der Waals surface area contributed by atoms with Gasteiger partial charge in [0.25, 0.3) is 5.91 Å². The van der Waals surface area contributed by atoms with Gasteiger partial charge in [0.05, 0.1) is 0 Å². The zero-order chi connectivity index (χ0) is 16.8. The molecule has 0 aliphatic heterocycles. The van der Waals surface area contributed by atoms with Crippen molar-refractivity contribution in [3.05, 3.63) is 42.0 Å². The second-order valence-corrected chi connectivity index (χ2v) is 5.91. The minimum atomic E-state index is -0.272. The van der Waals surface area contributed by atoms with Crippen LogP contribution in [0.4, 0.5) is 0 Å². The first-order chi connectivity index (χ1) is 11.7. The largest absolute Gasteiger partial charge is 0.271 e. The van der Waals surface area contributed by atoms with E-state index in [1.54, 1.807) is 0 Å². The number of hydrogen-bond acceptors (Lipinski definition) is 5. The molecule has 1 aliphatic carbocycles. The lowest BCUT2D eigenvalue weighted by molar-refractivity contribution is -0.122. The molecule has 0 spiro atoms. The number of hydrogen-bond donors (Lipinski definition) is 1. The highest BCUT2D eigenvalue weighted by Crippen LogP contribution is 2.21. The van der Waals surface area contributed by atoms with Crippen molar-refractivity contribution in [2.24, 2.45) is 11.0 Å². The third-order valence-electron chi connectivity index (χ3n) is 3.92. The highest BCUT2D eigenvalue weighted by Gasteiger charge is 2.11. The quantitative estimate of drug-likeness (QED) is 0.519. The predicted octanol–water partition coefficient (Wildman–Crippen LogP) is 2.19. The highest BCUT2D eigenvalue weighted by atomic mass is 16.2. The summed E-state index contributed by atoms with van der Waals surface area (Å²) in [4.78, 5) is 13.2. The van der Waals surface area contributed by atoms with Gasteiger partial charge < -0.3 is 0 Å². The number of allylic oxidation sites excluding steroid dienone is 2. The summed E-state index contributed by atoms with van der Waals surface area (Å²) >= 11 is 0. The number of rotatable bonds is 5. The van der Waals surface area contributed by atoms with E-state index < -0.39 is 0 Å². The molecular weight excluding hydrogens is 304 g/mol. The Kier molecular flexibility index (Phi) is 5.10. The Labute approximate surface area is 140 Å². The number of amides is 1. The Morgan fingerprint density at radius 1 is 1.42 bits per heavy atom. The topological polar surface area (TPSA) is 85.1 Å². The number of tetrazole rings is 1. The molecule has 1 amide bonds. The molecule has 0 saturated heterocycles. The van der Waals surface area contributed by atoms with Crippen molar-refractivity contribution < 1.29 is 4.79 Å². The molecular formula is C17H20N6O. The van der Waals surface area contributed by atoms with Crippen LogP contribution in [0.1, 0.15) is 26.2 Å². The van der Waals surface area contributed by atoms with Crippen molar-refractivity contribution in [3.8, 4) is 11.4 Å². The summed E-state index contributed by atoms with van der Waals surface area (Å²) in [5.41, 5.74) is 4.81. The minimum Gasteiger partial charge on any atom is -0.271 e. The highest BCUT2D eigenvalue weighted by molar-refractivity contribution is 5.76. The zero-order valence-electron chi connectivity index (χ0n) is 13.6. The van der Waals surface area contributed by atoms with Gasteiger partial charge in [0, 0.05) is 11.8 Å². The Morgan fingerprint density at radius 2 is 2.25 bits per heavy atom. The first-order valence-electron chi connectivity index (χ1n) is 8.01. The van der Waals surface area contributed by atoms with E-state index in [9.17, 15) is 4.79 Å². The molecule has 3 rings (SSSR count). The average Bonchev–Trinajstić information content (AvgIpc) is 3.06. The van der Waals surface area contributed by atoms with Crippen molar-refractivity contribution in [3.63, 3.8) is 0 Å². The van der Waals surface area contributed by atoms with Crippen molar-refractivity contribution in [2.75, 3.05) is 0 Å². The molecule has 0 unspecified atom stereocenters.